The Morgan fingerprint density at radius 2 is 1.97 bits per heavy atom. The van der Waals surface area contributed by atoms with E-state index in [0.717, 1.165) is 77.4 Å². The molecule has 1 saturated carbocycles. The number of anilines is 2. The van der Waals surface area contributed by atoms with Crippen LogP contribution in [0.25, 0.3) is 11.3 Å². The second kappa shape index (κ2) is 7.84. The van der Waals surface area contributed by atoms with Crippen LogP contribution in [0, 0.1) is 19.8 Å². The maximum Gasteiger partial charge on any atom is 0.222 e. The molecule has 0 radical (unpaired) electrons. The zero-order valence-corrected chi connectivity index (χ0v) is 18.1. The highest BCUT2D eigenvalue weighted by molar-refractivity contribution is 6.33. The molecule has 1 aliphatic carbocycles. The number of aromatic nitrogens is 4. The van der Waals surface area contributed by atoms with Crippen LogP contribution in [0.1, 0.15) is 35.2 Å². The lowest BCUT2D eigenvalue weighted by Gasteiger charge is -2.29. The monoisotopic (exact) mass is 420 g/mol. The molecule has 154 valence electrons. The van der Waals surface area contributed by atoms with Gasteiger partial charge in [0.05, 0.1) is 16.4 Å². The summed E-state index contributed by atoms with van der Waals surface area (Å²) in [7, 11) is 0. The van der Waals surface area contributed by atoms with Gasteiger partial charge in [-0.1, -0.05) is 17.7 Å². The third-order valence-electron chi connectivity index (χ3n) is 5.81. The number of halogens is 1. The molecule has 0 atom stereocenters. The zero-order valence-electron chi connectivity index (χ0n) is 17.3. The van der Waals surface area contributed by atoms with Gasteiger partial charge in [0.1, 0.15) is 5.82 Å². The van der Waals surface area contributed by atoms with Gasteiger partial charge in [0, 0.05) is 55.8 Å². The molecule has 3 aromatic rings. The molecular formula is C23H25ClN6. The summed E-state index contributed by atoms with van der Waals surface area (Å²) in [4.78, 5) is 20.7. The fourth-order valence-corrected chi connectivity index (χ4v) is 4.13. The quantitative estimate of drug-likeness (QED) is 0.651. The largest absolute Gasteiger partial charge is 0.354 e. The lowest BCUT2D eigenvalue weighted by atomic mass is 10.0. The molecule has 30 heavy (non-hydrogen) atoms. The predicted octanol–water partition coefficient (Wildman–Crippen LogP) is 4.59. The third kappa shape index (κ3) is 3.97. The fourth-order valence-electron chi connectivity index (χ4n) is 3.93. The number of nitrogens with one attached hydrogen (secondary N) is 1. The van der Waals surface area contributed by atoms with Crippen LogP contribution in [-0.2, 0) is 13.0 Å². The molecule has 3 aromatic heterocycles. The summed E-state index contributed by atoms with van der Waals surface area (Å²) in [6.07, 6.45) is 9.07. The zero-order chi connectivity index (χ0) is 20.7. The summed E-state index contributed by atoms with van der Waals surface area (Å²) in [5.41, 5.74) is 6.35. The minimum atomic E-state index is 0.616. The SMILES string of the molecule is Cc1cnc(-c2cc(N3CCc4nc(NCC5CC5)ncc4C3)ncc2Cl)c(C)c1. The molecule has 0 saturated heterocycles. The Balaban J connectivity index is 1.37. The summed E-state index contributed by atoms with van der Waals surface area (Å²) < 4.78 is 0. The molecule has 1 aliphatic heterocycles. The summed E-state index contributed by atoms with van der Waals surface area (Å²) in [5.74, 6) is 2.46. The lowest BCUT2D eigenvalue weighted by molar-refractivity contribution is 0.696. The smallest absolute Gasteiger partial charge is 0.222 e. The van der Waals surface area contributed by atoms with Gasteiger partial charge in [0.25, 0.3) is 0 Å². The second-order valence-electron chi connectivity index (χ2n) is 8.36. The van der Waals surface area contributed by atoms with E-state index in [0.29, 0.717) is 5.02 Å². The average molecular weight is 421 g/mol. The van der Waals surface area contributed by atoms with E-state index in [2.05, 4.69) is 38.2 Å². The first-order valence-corrected chi connectivity index (χ1v) is 10.9. The Kier molecular flexibility index (Phi) is 5.03. The number of hydrogen-bond acceptors (Lipinski definition) is 6. The lowest BCUT2D eigenvalue weighted by Crippen LogP contribution is -2.32. The van der Waals surface area contributed by atoms with E-state index in [9.17, 15) is 0 Å². The molecule has 0 unspecified atom stereocenters. The van der Waals surface area contributed by atoms with Crippen LogP contribution >= 0.6 is 11.6 Å². The van der Waals surface area contributed by atoms with Crippen molar-refractivity contribution in [1.29, 1.82) is 0 Å². The maximum absolute atomic E-state index is 6.49. The van der Waals surface area contributed by atoms with Crippen LogP contribution in [0.15, 0.2) is 30.7 Å². The van der Waals surface area contributed by atoms with Crippen molar-refractivity contribution in [2.75, 3.05) is 23.3 Å². The molecule has 2 aliphatic rings. The van der Waals surface area contributed by atoms with E-state index in [1.165, 1.54) is 12.8 Å². The summed E-state index contributed by atoms with van der Waals surface area (Å²) in [6, 6.07) is 4.17. The first kappa shape index (κ1) is 19.2. The van der Waals surface area contributed by atoms with Gasteiger partial charge in [-0.2, -0.15) is 0 Å². The van der Waals surface area contributed by atoms with E-state index >= 15 is 0 Å². The molecule has 5 rings (SSSR count). The van der Waals surface area contributed by atoms with Gasteiger partial charge in [-0.3, -0.25) is 4.98 Å². The Morgan fingerprint density at radius 1 is 1.10 bits per heavy atom. The molecular weight excluding hydrogens is 396 g/mol. The highest BCUT2D eigenvalue weighted by atomic mass is 35.5. The highest BCUT2D eigenvalue weighted by Crippen LogP contribution is 2.33. The number of aryl methyl sites for hydroxylation is 2. The molecule has 7 heteroatoms. The molecule has 0 bridgehead atoms. The summed E-state index contributed by atoms with van der Waals surface area (Å²) in [6.45, 7) is 6.69. The summed E-state index contributed by atoms with van der Waals surface area (Å²) >= 11 is 6.49. The van der Waals surface area contributed by atoms with E-state index < -0.39 is 0 Å². The van der Waals surface area contributed by atoms with Crippen LogP contribution in [0.3, 0.4) is 0 Å². The third-order valence-corrected chi connectivity index (χ3v) is 6.12. The standard InChI is InChI=1S/C23H25ClN6/c1-14-7-15(2)22(26-9-14)18-8-21(25-12-19(18)24)30-6-5-20-17(13-30)11-28-23(29-20)27-10-16-3-4-16/h7-9,11-12,16H,3-6,10,13H2,1-2H3,(H,27,28,29). The van der Waals surface area contributed by atoms with Gasteiger partial charge >= 0.3 is 0 Å². The second-order valence-corrected chi connectivity index (χ2v) is 8.77. The van der Waals surface area contributed by atoms with E-state index in [4.69, 9.17) is 16.6 Å². The predicted molar refractivity (Wildman–Crippen MR) is 120 cm³/mol. The average Bonchev–Trinajstić information content (AvgIpc) is 3.57. The van der Waals surface area contributed by atoms with Crippen molar-refractivity contribution in [3.63, 3.8) is 0 Å². The van der Waals surface area contributed by atoms with Crippen molar-refractivity contribution in [3.05, 3.63) is 58.1 Å². The number of pyridine rings is 2. The van der Waals surface area contributed by atoms with Gasteiger partial charge in [-0.05, 0) is 49.8 Å². The van der Waals surface area contributed by atoms with Gasteiger partial charge in [0.15, 0.2) is 0 Å². The molecule has 4 heterocycles. The van der Waals surface area contributed by atoms with Gasteiger partial charge < -0.3 is 10.2 Å². The van der Waals surface area contributed by atoms with Crippen molar-refractivity contribution in [2.45, 2.75) is 39.7 Å². The normalized spacial score (nSPS) is 15.8. The van der Waals surface area contributed by atoms with Crippen molar-refractivity contribution < 1.29 is 0 Å². The molecule has 0 amide bonds. The minimum absolute atomic E-state index is 0.616. The summed E-state index contributed by atoms with van der Waals surface area (Å²) in [5, 5.41) is 3.99. The topological polar surface area (TPSA) is 66.8 Å². The van der Waals surface area contributed by atoms with Crippen molar-refractivity contribution >= 4 is 23.4 Å². The van der Waals surface area contributed by atoms with Crippen LogP contribution < -0.4 is 10.2 Å². The van der Waals surface area contributed by atoms with Crippen LogP contribution in [0.2, 0.25) is 5.02 Å². The van der Waals surface area contributed by atoms with Gasteiger partial charge in [-0.15, -0.1) is 0 Å². The Hall–Kier alpha value is -2.73. The highest BCUT2D eigenvalue weighted by Gasteiger charge is 2.23. The van der Waals surface area contributed by atoms with E-state index in [1.54, 1.807) is 6.20 Å². The Labute approximate surface area is 181 Å². The number of fused-ring (bicyclic) bond motifs is 1. The van der Waals surface area contributed by atoms with Crippen molar-refractivity contribution in [2.24, 2.45) is 5.92 Å². The van der Waals surface area contributed by atoms with Gasteiger partial charge in [-0.25, -0.2) is 15.0 Å². The first-order chi connectivity index (χ1) is 14.6. The first-order valence-electron chi connectivity index (χ1n) is 10.5. The number of rotatable bonds is 5. The maximum atomic E-state index is 6.49. The molecule has 1 N–H and O–H groups in total. The molecule has 0 spiro atoms. The van der Waals surface area contributed by atoms with E-state index in [-0.39, 0.29) is 0 Å². The number of hydrogen-bond donors (Lipinski definition) is 1. The Bertz CT molecular complexity index is 1100. The Morgan fingerprint density at radius 3 is 2.77 bits per heavy atom. The van der Waals surface area contributed by atoms with Crippen molar-refractivity contribution in [1.82, 2.24) is 19.9 Å². The van der Waals surface area contributed by atoms with E-state index in [1.807, 2.05) is 25.4 Å². The molecule has 0 aromatic carbocycles. The fraction of sp³-hybridized carbons (Fsp3) is 0.391. The van der Waals surface area contributed by atoms with Crippen molar-refractivity contribution in [3.8, 4) is 11.3 Å². The van der Waals surface area contributed by atoms with Crippen LogP contribution in [0.4, 0.5) is 11.8 Å². The van der Waals surface area contributed by atoms with Gasteiger partial charge in [0.2, 0.25) is 5.95 Å². The van der Waals surface area contributed by atoms with Crippen LogP contribution in [0.5, 0.6) is 0 Å². The minimum Gasteiger partial charge on any atom is -0.354 e. The number of nitrogens with zero attached hydrogens (tertiary/aromatic N) is 5. The van der Waals surface area contributed by atoms with Crippen LogP contribution in [-0.4, -0.2) is 33.0 Å². The molecule has 1 fully saturated rings. The molecule has 6 nitrogen and oxygen atoms in total.